The van der Waals surface area contributed by atoms with Gasteiger partial charge in [-0.15, -0.1) is 0 Å². The number of nitrogens with one attached hydrogen (secondary N) is 1. The van der Waals surface area contributed by atoms with Gasteiger partial charge in [0.05, 0.1) is 6.04 Å². The quantitative estimate of drug-likeness (QED) is 0.785. The number of aryl methyl sites for hydroxylation is 1. The zero-order chi connectivity index (χ0) is 11.3. The van der Waals surface area contributed by atoms with E-state index in [-0.39, 0.29) is 6.04 Å². The molecule has 4 nitrogen and oxygen atoms in total. The third-order valence-electron chi connectivity index (χ3n) is 2.69. The van der Waals surface area contributed by atoms with Gasteiger partial charge in [0.1, 0.15) is 0 Å². The molecule has 0 radical (unpaired) electrons. The molecule has 1 N–H and O–H groups in total. The van der Waals surface area contributed by atoms with Gasteiger partial charge in [-0.3, -0.25) is 0 Å². The van der Waals surface area contributed by atoms with Crippen LogP contribution in [0, 0.1) is 6.92 Å². The summed E-state index contributed by atoms with van der Waals surface area (Å²) in [6.07, 6.45) is 3.24. The molecule has 0 amide bonds. The standard InChI is InChI=1S/C11H21N3O/c1-5-9(6-2)13-10(7-3)11-12-8(4)15-14-11/h9-10,13H,5-7H2,1-4H3. The van der Waals surface area contributed by atoms with Gasteiger partial charge in [-0.25, -0.2) is 0 Å². The van der Waals surface area contributed by atoms with E-state index in [9.17, 15) is 0 Å². The summed E-state index contributed by atoms with van der Waals surface area (Å²) in [5.41, 5.74) is 0. The van der Waals surface area contributed by atoms with Crippen LogP contribution in [0.4, 0.5) is 0 Å². The Morgan fingerprint density at radius 2 is 1.87 bits per heavy atom. The van der Waals surface area contributed by atoms with Crippen LogP contribution in [0.1, 0.15) is 57.8 Å². The SMILES string of the molecule is CCC(CC)NC(CC)c1noc(C)n1. The van der Waals surface area contributed by atoms with Crippen molar-refractivity contribution in [1.82, 2.24) is 15.5 Å². The molecule has 1 heterocycles. The molecule has 0 fully saturated rings. The Bertz CT molecular complexity index is 281. The van der Waals surface area contributed by atoms with Gasteiger partial charge in [0.25, 0.3) is 0 Å². The maximum Gasteiger partial charge on any atom is 0.223 e. The highest BCUT2D eigenvalue weighted by molar-refractivity contribution is 4.93. The third-order valence-corrected chi connectivity index (χ3v) is 2.69. The Labute approximate surface area is 91.5 Å². The van der Waals surface area contributed by atoms with Crippen molar-refractivity contribution in [3.8, 4) is 0 Å². The van der Waals surface area contributed by atoms with Crippen molar-refractivity contribution in [3.63, 3.8) is 0 Å². The molecule has 86 valence electrons. The summed E-state index contributed by atoms with van der Waals surface area (Å²) < 4.78 is 5.00. The van der Waals surface area contributed by atoms with Crippen molar-refractivity contribution >= 4 is 0 Å². The fraction of sp³-hybridized carbons (Fsp3) is 0.818. The van der Waals surface area contributed by atoms with Gasteiger partial charge in [0.15, 0.2) is 5.82 Å². The van der Waals surface area contributed by atoms with Crippen LogP contribution in [-0.2, 0) is 0 Å². The van der Waals surface area contributed by atoms with Gasteiger partial charge in [0, 0.05) is 13.0 Å². The van der Waals surface area contributed by atoms with Crippen molar-refractivity contribution in [2.75, 3.05) is 0 Å². The monoisotopic (exact) mass is 211 g/mol. The van der Waals surface area contributed by atoms with E-state index in [1.165, 1.54) is 0 Å². The summed E-state index contributed by atoms with van der Waals surface area (Å²) in [5, 5.41) is 7.51. The second kappa shape index (κ2) is 5.85. The van der Waals surface area contributed by atoms with Crippen LogP contribution in [0.25, 0.3) is 0 Å². The molecular formula is C11H21N3O. The van der Waals surface area contributed by atoms with Crippen LogP contribution in [0.15, 0.2) is 4.52 Å². The molecule has 0 aliphatic carbocycles. The predicted molar refractivity (Wildman–Crippen MR) is 59.6 cm³/mol. The summed E-state index contributed by atoms with van der Waals surface area (Å²) in [6, 6.07) is 0.751. The number of rotatable bonds is 6. The average Bonchev–Trinajstić information content (AvgIpc) is 2.67. The lowest BCUT2D eigenvalue weighted by Crippen LogP contribution is -2.32. The van der Waals surface area contributed by atoms with Gasteiger partial charge >= 0.3 is 0 Å². The number of nitrogens with zero attached hydrogens (tertiary/aromatic N) is 2. The highest BCUT2D eigenvalue weighted by atomic mass is 16.5. The molecule has 0 aliphatic heterocycles. The zero-order valence-electron chi connectivity index (χ0n) is 10.1. The second-order valence-corrected chi connectivity index (χ2v) is 3.81. The highest BCUT2D eigenvalue weighted by Crippen LogP contribution is 2.15. The first-order valence-corrected chi connectivity index (χ1v) is 5.77. The molecule has 1 aromatic heterocycles. The molecule has 0 spiro atoms. The van der Waals surface area contributed by atoms with Gasteiger partial charge < -0.3 is 9.84 Å². The highest BCUT2D eigenvalue weighted by Gasteiger charge is 2.17. The molecule has 1 unspecified atom stereocenters. The van der Waals surface area contributed by atoms with E-state index in [1.54, 1.807) is 0 Å². The first-order valence-electron chi connectivity index (χ1n) is 5.77. The van der Waals surface area contributed by atoms with Crippen molar-refractivity contribution in [3.05, 3.63) is 11.7 Å². The van der Waals surface area contributed by atoms with Crippen LogP contribution < -0.4 is 5.32 Å². The molecule has 0 bridgehead atoms. The Kier molecular flexibility index (Phi) is 4.75. The van der Waals surface area contributed by atoms with Gasteiger partial charge in [-0.2, -0.15) is 4.98 Å². The zero-order valence-corrected chi connectivity index (χ0v) is 10.1. The fourth-order valence-electron chi connectivity index (χ4n) is 1.64. The van der Waals surface area contributed by atoms with E-state index in [4.69, 9.17) is 4.52 Å². The minimum atomic E-state index is 0.215. The van der Waals surface area contributed by atoms with Gasteiger partial charge in [-0.05, 0) is 19.3 Å². The van der Waals surface area contributed by atoms with Crippen molar-refractivity contribution < 1.29 is 4.52 Å². The average molecular weight is 211 g/mol. The van der Waals surface area contributed by atoms with Gasteiger partial charge in [0.2, 0.25) is 5.89 Å². The van der Waals surface area contributed by atoms with E-state index < -0.39 is 0 Å². The van der Waals surface area contributed by atoms with Crippen molar-refractivity contribution in [1.29, 1.82) is 0 Å². The lowest BCUT2D eigenvalue weighted by Gasteiger charge is -2.20. The fourth-order valence-corrected chi connectivity index (χ4v) is 1.64. The Morgan fingerprint density at radius 3 is 2.27 bits per heavy atom. The molecule has 1 atom stereocenters. The number of aromatic nitrogens is 2. The molecule has 0 aliphatic rings. The Balaban J connectivity index is 2.63. The van der Waals surface area contributed by atoms with Crippen LogP contribution >= 0.6 is 0 Å². The molecule has 1 rings (SSSR count). The van der Waals surface area contributed by atoms with E-state index in [2.05, 4.69) is 36.2 Å². The van der Waals surface area contributed by atoms with Crippen LogP contribution in [0.2, 0.25) is 0 Å². The maximum atomic E-state index is 5.00. The minimum Gasteiger partial charge on any atom is -0.340 e. The molecule has 0 saturated heterocycles. The van der Waals surface area contributed by atoms with E-state index >= 15 is 0 Å². The van der Waals surface area contributed by atoms with Crippen LogP contribution in [0.3, 0.4) is 0 Å². The topological polar surface area (TPSA) is 51.0 Å². The Hall–Kier alpha value is -0.900. The number of hydrogen-bond donors (Lipinski definition) is 1. The smallest absolute Gasteiger partial charge is 0.223 e. The summed E-state index contributed by atoms with van der Waals surface area (Å²) in [4.78, 5) is 4.26. The summed E-state index contributed by atoms with van der Waals surface area (Å²) in [7, 11) is 0. The lowest BCUT2D eigenvalue weighted by atomic mass is 10.1. The largest absolute Gasteiger partial charge is 0.340 e. The molecule has 0 aromatic carbocycles. The Morgan fingerprint density at radius 1 is 1.20 bits per heavy atom. The minimum absolute atomic E-state index is 0.215. The number of hydrogen-bond acceptors (Lipinski definition) is 4. The van der Waals surface area contributed by atoms with E-state index in [0.29, 0.717) is 11.9 Å². The first kappa shape index (κ1) is 12.2. The van der Waals surface area contributed by atoms with Crippen LogP contribution in [0.5, 0.6) is 0 Å². The summed E-state index contributed by atoms with van der Waals surface area (Å²) in [6.45, 7) is 8.33. The predicted octanol–water partition coefficient (Wildman–Crippen LogP) is 2.61. The maximum absolute atomic E-state index is 5.00. The summed E-state index contributed by atoms with van der Waals surface area (Å²) in [5.74, 6) is 1.41. The summed E-state index contributed by atoms with van der Waals surface area (Å²) >= 11 is 0. The van der Waals surface area contributed by atoms with E-state index in [1.807, 2.05) is 6.92 Å². The molecule has 4 heteroatoms. The van der Waals surface area contributed by atoms with Crippen molar-refractivity contribution in [2.24, 2.45) is 0 Å². The normalized spacial score (nSPS) is 13.4. The molecular weight excluding hydrogens is 190 g/mol. The molecule has 15 heavy (non-hydrogen) atoms. The molecule has 1 aromatic rings. The van der Waals surface area contributed by atoms with E-state index in [0.717, 1.165) is 25.1 Å². The lowest BCUT2D eigenvalue weighted by molar-refractivity contribution is 0.357. The second-order valence-electron chi connectivity index (χ2n) is 3.81. The molecule has 0 saturated carbocycles. The third kappa shape index (κ3) is 3.30. The first-order chi connectivity index (χ1) is 7.21. The van der Waals surface area contributed by atoms with Crippen molar-refractivity contribution in [2.45, 2.75) is 59.0 Å². The van der Waals surface area contributed by atoms with Gasteiger partial charge in [-0.1, -0.05) is 25.9 Å². The van der Waals surface area contributed by atoms with Crippen LogP contribution in [-0.4, -0.2) is 16.2 Å².